The van der Waals surface area contributed by atoms with Crippen LogP contribution >= 0.6 is 0 Å². The number of carbonyl (C=O) groups excluding carboxylic acids is 2. The Hall–Kier alpha value is -4.72. The lowest BCUT2D eigenvalue weighted by Gasteiger charge is -2.47. The van der Waals surface area contributed by atoms with Gasteiger partial charge in [-0.15, -0.1) is 0 Å². The van der Waals surface area contributed by atoms with Crippen LogP contribution in [-0.4, -0.2) is 41.6 Å². The molecule has 38 heavy (non-hydrogen) atoms. The Morgan fingerprint density at radius 3 is 1.08 bits per heavy atom. The van der Waals surface area contributed by atoms with Crippen LogP contribution in [0, 0.1) is 0 Å². The van der Waals surface area contributed by atoms with Crippen molar-refractivity contribution in [1.82, 2.24) is 29.6 Å². The lowest BCUT2D eigenvalue weighted by molar-refractivity contribution is -0.0847. The molecule has 0 spiro atoms. The zero-order valence-electron chi connectivity index (χ0n) is 20.6. The number of benzene rings is 2. The Labute approximate surface area is 219 Å². The maximum absolute atomic E-state index is 14.8. The fraction of sp³-hybridized carbons (Fsp3) is 0.200. The zero-order chi connectivity index (χ0) is 25.5. The van der Waals surface area contributed by atoms with Crippen molar-refractivity contribution in [3.63, 3.8) is 0 Å². The number of carbonyl (C=O) groups is 2. The van der Waals surface area contributed by atoms with E-state index in [2.05, 4.69) is 0 Å². The first kappa shape index (κ1) is 21.4. The van der Waals surface area contributed by atoms with Crippen LogP contribution in [0.3, 0.4) is 0 Å². The predicted molar refractivity (Wildman–Crippen MR) is 138 cm³/mol. The van der Waals surface area contributed by atoms with Crippen molar-refractivity contribution in [2.24, 2.45) is 0 Å². The van der Waals surface area contributed by atoms with E-state index in [0.717, 1.165) is 22.3 Å². The molecule has 0 unspecified atom stereocenters. The molecule has 8 nitrogen and oxygen atoms in total. The Balaban J connectivity index is 1.53. The van der Waals surface area contributed by atoms with Gasteiger partial charge in [0.2, 0.25) is 11.3 Å². The Morgan fingerprint density at radius 2 is 0.789 bits per heavy atom. The van der Waals surface area contributed by atoms with E-state index in [0.29, 0.717) is 37.6 Å². The monoisotopic (exact) mass is 500 g/mol. The third-order valence-corrected chi connectivity index (χ3v) is 8.57. The summed E-state index contributed by atoms with van der Waals surface area (Å²) in [6.45, 7) is 1.43. The highest BCUT2D eigenvalue weighted by atomic mass is 16.2. The van der Waals surface area contributed by atoms with Crippen LogP contribution in [0.25, 0.3) is 0 Å². The summed E-state index contributed by atoms with van der Waals surface area (Å²) in [5.41, 5.74) is 2.93. The van der Waals surface area contributed by atoms with Crippen molar-refractivity contribution in [3.8, 4) is 0 Å². The highest BCUT2D eigenvalue weighted by Gasteiger charge is 2.82. The first-order valence-corrected chi connectivity index (χ1v) is 12.8. The molecule has 4 aliphatic heterocycles. The molecule has 8 rings (SSSR count). The summed E-state index contributed by atoms with van der Waals surface area (Å²) in [5, 5.41) is 0. The highest BCUT2D eigenvalue weighted by Crippen LogP contribution is 2.64. The summed E-state index contributed by atoms with van der Waals surface area (Å²) in [5.74, 6) is 0. The van der Waals surface area contributed by atoms with E-state index in [1.54, 1.807) is 12.4 Å². The van der Waals surface area contributed by atoms with E-state index < -0.39 is 11.3 Å². The minimum atomic E-state index is -1.24. The van der Waals surface area contributed by atoms with E-state index in [1.807, 2.05) is 105 Å². The lowest BCUT2D eigenvalue weighted by Crippen LogP contribution is -2.63. The molecule has 8 heteroatoms. The molecule has 0 bridgehead atoms. The molecule has 2 aromatic heterocycles. The zero-order valence-corrected chi connectivity index (χ0v) is 20.6. The average molecular weight is 501 g/mol. The molecule has 0 atom stereocenters. The SMILES string of the molecule is O=C1N2Cc3ccccc3CN3C(=O)N4Cc5ccccc5CN1C4(c1ccccn1)C23c1ccccn1. The van der Waals surface area contributed by atoms with E-state index in [9.17, 15) is 9.59 Å². The van der Waals surface area contributed by atoms with E-state index in [-0.39, 0.29) is 12.1 Å². The van der Waals surface area contributed by atoms with E-state index in [4.69, 9.17) is 9.97 Å². The maximum Gasteiger partial charge on any atom is 0.325 e. The van der Waals surface area contributed by atoms with E-state index in [1.165, 1.54) is 0 Å². The maximum atomic E-state index is 14.8. The number of amides is 4. The first-order chi connectivity index (χ1) is 18.7. The van der Waals surface area contributed by atoms with Crippen LogP contribution in [0.4, 0.5) is 9.59 Å². The molecule has 4 aromatic rings. The molecule has 186 valence electrons. The number of urea groups is 2. The van der Waals surface area contributed by atoms with Gasteiger partial charge in [-0.25, -0.2) is 9.59 Å². The fourth-order valence-corrected chi connectivity index (χ4v) is 7.08. The second kappa shape index (κ2) is 7.41. The Morgan fingerprint density at radius 1 is 0.474 bits per heavy atom. The number of aromatic nitrogens is 2. The van der Waals surface area contributed by atoms with Gasteiger partial charge in [0.15, 0.2) is 0 Å². The normalized spacial score (nSPS) is 25.1. The summed E-state index contributed by atoms with van der Waals surface area (Å²) in [6, 6.07) is 27.3. The largest absolute Gasteiger partial charge is 0.325 e. The van der Waals surface area contributed by atoms with Gasteiger partial charge in [0, 0.05) is 12.4 Å². The summed E-state index contributed by atoms with van der Waals surface area (Å²) < 4.78 is 0. The van der Waals surface area contributed by atoms with Crippen LogP contribution < -0.4 is 0 Å². The van der Waals surface area contributed by atoms with Crippen molar-refractivity contribution >= 4 is 12.1 Å². The number of fused-ring (bicyclic) bond motifs is 2. The number of hydrogen-bond donors (Lipinski definition) is 0. The molecular formula is C30H24N6O2. The number of hydrogen-bond acceptors (Lipinski definition) is 4. The van der Waals surface area contributed by atoms with Crippen LogP contribution in [0.1, 0.15) is 33.6 Å². The summed E-state index contributed by atoms with van der Waals surface area (Å²) >= 11 is 0. The Bertz CT molecular complexity index is 1420. The number of nitrogens with zero attached hydrogens (tertiary/aromatic N) is 6. The number of pyridine rings is 2. The van der Waals surface area contributed by atoms with Gasteiger partial charge in [-0.05, 0) is 46.5 Å². The van der Waals surface area contributed by atoms with Gasteiger partial charge in [0.1, 0.15) is 0 Å². The molecule has 4 amide bonds. The average Bonchev–Trinajstić information content (AvgIpc) is 3.14. The van der Waals surface area contributed by atoms with Crippen molar-refractivity contribution in [2.75, 3.05) is 0 Å². The van der Waals surface area contributed by atoms with Gasteiger partial charge >= 0.3 is 12.1 Å². The van der Waals surface area contributed by atoms with Gasteiger partial charge in [0.25, 0.3) is 0 Å². The fourth-order valence-electron chi connectivity index (χ4n) is 7.08. The second-order valence-corrected chi connectivity index (χ2v) is 10.2. The van der Waals surface area contributed by atoms with Crippen molar-refractivity contribution < 1.29 is 9.59 Å². The topological polar surface area (TPSA) is 72.9 Å². The summed E-state index contributed by atoms with van der Waals surface area (Å²) in [6.07, 6.45) is 3.48. The van der Waals surface area contributed by atoms with Gasteiger partial charge in [-0.1, -0.05) is 60.7 Å². The molecule has 0 saturated carbocycles. The lowest BCUT2D eigenvalue weighted by atomic mass is 9.84. The quantitative estimate of drug-likeness (QED) is 0.409. The third-order valence-electron chi connectivity index (χ3n) is 8.57. The van der Waals surface area contributed by atoms with Crippen molar-refractivity contribution in [3.05, 3.63) is 131 Å². The molecular weight excluding hydrogens is 476 g/mol. The molecule has 0 aliphatic carbocycles. The first-order valence-electron chi connectivity index (χ1n) is 12.8. The molecule has 0 N–H and O–H groups in total. The van der Waals surface area contributed by atoms with Crippen LogP contribution in [0.2, 0.25) is 0 Å². The minimum Gasteiger partial charge on any atom is -0.287 e. The summed E-state index contributed by atoms with van der Waals surface area (Å²) in [7, 11) is 0. The van der Waals surface area contributed by atoms with Gasteiger partial charge in [-0.2, -0.15) is 0 Å². The van der Waals surface area contributed by atoms with Crippen molar-refractivity contribution in [2.45, 2.75) is 37.5 Å². The molecule has 2 saturated heterocycles. The summed E-state index contributed by atoms with van der Waals surface area (Å²) in [4.78, 5) is 46.7. The standard InChI is InChI=1S/C30H24N6O2/c37-27-33-17-21-9-1-2-10-22(21)18-34-28(38)36-20-24-12-4-3-11-23(24)19-35(27)30(36,26-14-6-8-16-32-26)29(33,34)25-13-5-7-15-31-25/h1-16H,17-20H2. The highest BCUT2D eigenvalue weighted by molar-refractivity contribution is 5.90. The van der Waals surface area contributed by atoms with Crippen molar-refractivity contribution in [1.29, 1.82) is 0 Å². The third kappa shape index (κ3) is 2.36. The van der Waals surface area contributed by atoms with Gasteiger partial charge in [-0.3, -0.25) is 29.6 Å². The second-order valence-electron chi connectivity index (χ2n) is 10.2. The molecule has 4 aliphatic rings. The van der Waals surface area contributed by atoms with Crippen LogP contribution in [0.5, 0.6) is 0 Å². The minimum absolute atomic E-state index is 0.141. The smallest absolute Gasteiger partial charge is 0.287 e. The molecule has 0 radical (unpaired) electrons. The number of rotatable bonds is 2. The van der Waals surface area contributed by atoms with Gasteiger partial charge < -0.3 is 0 Å². The molecule has 2 aromatic carbocycles. The molecule has 2 fully saturated rings. The van der Waals surface area contributed by atoms with Crippen LogP contribution in [0.15, 0.2) is 97.3 Å². The van der Waals surface area contributed by atoms with Crippen LogP contribution in [-0.2, 0) is 37.5 Å². The predicted octanol–water partition coefficient (Wildman–Crippen LogP) is 4.39. The molecule has 6 heterocycles. The van der Waals surface area contributed by atoms with Gasteiger partial charge in [0.05, 0.1) is 37.6 Å². The Kier molecular flexibility index (Phi) is 4.17. The van der Waals surface area contributed by atoms with E-state index >= 15 is 0 Å².